The zero-order chi connectivity index (χ0) is 15.5. The number of benzene rings is 1. The summed E-state index contributed by atoms with van der Waals surface area (Å²) in [5.74, 6) is -0.533. The van der Waals surface area contributed by atoms with E-state index in [1.54, 1.807) is 6.92 Å². The van der Waals surface area contributed by atoms with Gasteiger partial charge in [-0.3, -0.25) is 4.55 Å². The number of methoxy groups -OCH3 is 1. The van der Waals surface area contributed by atoms with Crippen LogP contribution in [0.1, 0.15) is 5.56 Å². The average Bonchev–Trinajstić information content (AvgIpc) is 2.28. The molecule has 7 N–H and O–H groups in total. The van der Waals surface area contributed by atoms with E-state index in [-0.39, 0.29) is 22.6 Å². The fraction of sp³-hybridized carbons (Fsp3) is 0.200. The zero-order valence-electron chi connectivity index (χ0n) is 10.9. The van der Waals surface area contributed by atoms with Crippen LogP contribution in [0.3, 0.4) is 0 Å². The van der Waals surface area contributed by atoms with Crippen LogP contribution in [-0.2, 0) is 10.1 Å². The van der Waals surface area contributed by atoms with Gasteiger partial charge >= 0.3 is 0 Å². The first-order valence-corrected chi connectivity index (χ1v) is 6.69. The Morgan fingerprint density at radius 1 is 1.30 bits per heavy atom. The van der Waals surface area contributed by atoms with Gasteiger partial charge in [0.2, 0.25) is 5.96 Å². The number of nitrogens with zero attached hydrogens (tertiary/aromatic N) is 2. The van der Waals surface area contributed by atoms with Crippen molar-refractivity contribution in [1.82, 2.24) is 0 Å². The van der Waals surface area contributed by atoms with Crippen molar-refractivity contribution in [2.45, 2.75) is 11.8 Å². The van der Waals surface area contributed by atoms with Gasteiger partial charge in [0.25, 0.3) is 10.1 Å². The van der Waals surface area contributed by atoms with Crippen LogP contribution in [0.4, 0.5) is 5.69 Å². The average molecular weight is 301 g/mol. The Morgan fingerprint density at radius 3 is 2.35 bits per heavy atom. The van der Waals surface area contributed by atoms with Crippen LogP contribution in [0.15, 0.2) is 27.0 Å². The molecule has 0 radical (unpaired) electrons. The van der Waals surface area contributed by atoms with Gasteiger partial charge in [0, 0.05) is 6.07 Å². The molecule has 0 aliphatic heterocycles. The highest BCUT2D eigenvalue weighted by Gasteiger charge is 2.18. The highest BCUT2D eigenvalue weighted by atomic mass is 32.2. The molecule has 1 aromatic carbocycles. The van der Waals surface area contributed by atoms with Crippen molar-refractivity contribution in [3.05, 3.63) is 17.7 Å². The molecule has 0 fully saturated rings. The minimum atomic E-state index is -4.40. The lowest BCUT2D eigenvalue weighted by Gasteiger charge is -2.09. The molecule has 1 rings (SSSR count). The second-order valence-electron chi connectivity index (χ2n) is 3.77. The fourth-order valence-corrected chi connectivity index (χ4v) is 2.14. The summed E-state index contributed by atoms with van der Waals surface area (Å²) in [6.07, 6.45) is 0. The lowest BCUT2D eigenvalue weighted by molar-refractivity contribution is 0.397. The van der Waals surface area contributed by atoms with Crippen LogP contribution in [0.25, 0.3) is 0 Å². The molecular formula is C10H15N5O4S. The molecule has 0 aliphatic rings. The molecule has 9 nitrogen and oxygen atoms in total. The van der Waals surface area contributed by atoms with Crippen LogP contribution < -0.4 is 21.9 Å². The predicted octanol–water partition coefficient (Wildman–Crippen LogP) is -0.530. The van der Waals surface area contributed by atoms with Crippen LogP contribution in [0.5, 0.6) is 5.75 Å². The predicted molar refractivity (Wildman–Crippen MR) is 74.6 cm³/mol. The molecule has 20 heavy (non-hydrogen) atoms. The normalized spacial score (nSPS) is 12.1. The van der Waals surface area contributed by atoms with Crippen LogP contribution in [-0.4, -0.2) is 32.0 Å². The van der Waals surface area contributed by atoms with E-state index in [2.05, 4.69) is 9.98 Å². The molecule has 0 saturated carbocycles. The number of hydrogen-bond acceptors (Lipinski definition) is 4. The Hall–Kier alpha value is -2.33. The van der Waals surface area contributed by atoms with E-state index < -0.39 is 10.1 Å². The third-order valence-corrected chi connectivity index (χ3v) is 3.11. The lowest BCUT2D eigenvalue weighted by atomic mass is 10.2. The van der Waals surface area contributed by atoms with Gasteiger partial charge in [0.15, 0.2) is 5.96 Å². The van der Waals surface area contributed by atoms with Crippen molar-refractivity contribution in [2.75, 3.05) is 7.11 Å². The first-order valence-electron chi connectivity index (χ1n) is 5.25. The summed E-state index contributed by atoms with van der Waals surface area (Å²) in [6, 6.07) is 2.50. The first-order chi connectivity index (χ1) is 9.15. The third kappa shape index (κ3) is 3.83. The second-order valence-corrected chi connectivity index (χ2v) is 5.16. The van der Waals surface area contributed by atoms with Crippen LogP contribution in [0.2, 0.25) is 0 Å². The molecule has 10 heteroatoms. The van der Waals surface area contributed by atoms with Gasteiger partial charge in [-0.1, -0.05) is 0 Å². The SMILES string of the molecule is COc1cc(N=C(N)N=C(N)N)c(C)cc1S(=O)(=O)O. The van der Waals surface area contributed by atoms with Crippen molar-refractivity contribution < 1.29 is 17.7 Å². The highest BCUT2D eigenvalue weighted by Crippen LogP contribution is 2.31. The van der Waals surface area contributed by atoms with Crippen molar-refractivity contribution in [1.29, 1.82) is 0 Å². The second kappa shape index (κ2) is 5.75. The summed E-state index contributed by atoms with van der Waals surface area (Å²) in [5, 5.41) is 0. The Kier molecular flexibility index (Phi) is 4.53. The maximum atomic E-state index is 11.2. The minimum absolute atomic E-state index is 0.0747. The Balaban J connectivity index is 3.43. The molecule has 110 valence electrons. The Morgan fingerprint density at radius 2 is 1.90 bits per heavy atom. The summed E-state index contributed by atoms with van der Waals surface area (Å²) in [4.78, 5) is 7.09. The van der Waals surface area contributed by atoms with E-state index in [9.17, 15) is 8.42 Å². The molecular weight excluding hydrogens is 286 g/mol. The lowest BCUT2D eigenvalue weighted by Crippen LogP contribution is -2.26. The van der Waals surface area contributed by atoms with E-state index >= 15 is 0 Å². The van der Waals surface area contributed by atoms with E-state index in [0.717, 1.165) is 0 Å². The van der Waals surface area contributed by atoms with E-state index in [1.165, 1.54) is 19.2 Å². The molecule has 0 aliphatic carbocycles. The summed E-state index contributed by atoms with van der Waals surface area (Å²) < 4.78 is 36.4. The fourth-order valence-electron chi connectivity index (χ4n) is 1.41. The summed E-state index contributed by atoms with van der Waals surface area (Å²) in [5.41, 5.74) is 16.5. The number of ether oxygens (including phenoxy) is 1. The molecule has 0 saturated heterocycles. The standard InChI is InChI=1S/C10H15N5O4S/c1-5-3-8(20(16,17)18)7(19-2)4-6(5)14-10(13)15-9(11)12/h3-4H,1-2H3,(H,16,17,18)(H6,11,12,13,14,15). The first kappa shape index (κ1) is 15.7. The monoisotopic (exact) mass is 301 g/mol. The van der Waals surface area contributed by atoms with Crippen LogP contribution >= 0.6 is 0 Å². The molecule has 0 bridgehead atoms. The van der Waals surface area contributed by atoms with Gasteiger partial charge in [0.05, 0.1) is 12.8 Å². The largest absolute Gasteiger partial charge is 0.495 e. The number of nitrogens with two attached hydrogens (primary N) is 3. The topological polar surface area (TPSA) is 166 Å². The van der Waals surface area contributed by atoms with Gasteiger partial charge in [0.1, 0.15) is 10.6 Å². The van der Waals surface area contributed by atoms with Crippen molar-refractivity contribution in [3.8, 4) is 5.75 Å². The minimum Gasteiger partial charge on any atom is -0.495 e. The van der Waals surface area contributed by atoms with Crippen molar-refractivity contribution >= 4 is 27.7 Å². The summed E-state index contributed by atoms with van der Waals surface area (Å²) in [7, 11) is -3.15. The number of guanidine groups is 2. The van der Waals surface area contributed by atoms with E-state index in [4.69, 9.17) is 26.5 Å². The third-order valence-electron chi connectivity index (χ3n) is 2.24. The molecule has 1 aromatic rings. The molecule has 0 heterocycles. The number of aryl methyl sites for hydroxylation is 1. The van der Waals surface area contributed by atoms with E-state index in [0.29, 0.717) is 11.3 Å². The Labute approximate surface area is 115 Å². The molecule has 0 amide bonds. The van der Waals surface area contributed by atoms with Crippen LogP contribution in [0, 0.1) is 6.92 Å². The zero-order valence-corrected chi connectivity index (χ0v) is 11.7. The summed E-state index contributed by atoms with van der Waals surface area (Å²) >= 11 is 0. The molecule has 0 aromatic heterocycles. The van der Waals surface area contributed by atoms with Crippen molar-refractivity contribution in [3.63, 3.8) is 0 Å². The summed E-state index contributed by atoms with van der Waals surface area (Å²) in [6.45, 7) is 1.58. The Bertz CT molecular complexity index is 677. The highest BCUT2D eigenvalue weighted by molar-refractivity contribution is 7.86. The van der Waals surface area contributed by atoms with Gasteiger partial charge in [-0.2, -0.15) is 13.4 Å². The smallest absolute Gasteiger partial charge is 0.298 e. The van der Waals surface area contributed by atoms with Gasteiger partial charge in [-0.25, -0.2) is 4.99 Å². The maximum Gasteiger partial charge on any atom is 0.298 e. The van der Waals surface area contributed by atoms with E-state index in [1.807, 2.05) is 0 Å². The molecule has 0 spiro atoms. The molecule has 0 atom stereocenters. The van der Waals surface area contributed by atoms with Gasteiger partial charge in [-0.05, 0) is 18.6 Å². The number of hydrogen-bond donors (Lipinski definition) is 4. The van der Waals surface area contributed by atoms with Gasteiger partial charge in [-0.15, -0.1) is 0 Å². The van der Waals surface area contributed by atoms with Gasteiger partial charge < -0.3 is 21.9 Å². The quantitative estimate of drug-likeness (QED) is 0.330. The number of rotatable bonds is 3. The maximum absolute atomic E-state index is 11.2. The number of aliphatic imine (C=N–C) groups is 2. The van der Waals surface area contributed by atoms with Crippen molar-refractivity contribution in [2.24, 2.45) is 27.2 Å². The molecule has 0 unspecified atom stereocenters.